The second-order valence-corrected chi connectivity index (χ2v) is 9.01. The van der Waals surface area contributed by atoms with E-state index in [-0.39, 0.29) is 23.9 Å². The molecule has 1 aliphatic rings. The van der Waals surface area contributed by atoms with E-state index in [9.17, 15) is 17.6 Å². The number of benzene rings is 2. The standard InChI is InChI=1S/C16H12BrClFNO3S/c17-10-1-6-15(18)14(7-10)16(21)20-8-13(9-20)24(22,23)12-4-2-11(19)3-5-12/h1-7,13H,8-9H2. The van der Waals surface area contributed by atoms with Crippen LogP contribution in [0.2, 0.25) is 5.02 Å². The molecule has 0 bridgehead atoms. The minimum absolute atomic E-state index is 0.0569. The van der Waals surface area contributed by atoms with Gasteiger partial charge in [-0.3, -0.25) is 4.79 Å². The molecule has 0 aliphatic carbocycles. The molecule has 2 aromatic rings. The van der Waals surface area contributed by atoms with Gasteiger partial charge in [0.25, 0.3) is 5.91 Å². The van der Waals surface area contributed by atoms with Crippen molar-refractivity contribution in [1.29, 1.82) is 0 Å². The van der Waals surface area contributed by atoms with Crippen LogP contribution in [0.15, 0.2) is 51.8 Å². The van der Waals surface area contributed by atoms with Crippen molar-refractivity contribution in [3.63, 3.8) is 0 Å². The van der Waals surface area contributed by atoms with Gasteiger partial charge in [-0.05, 0) is 42.5 Å². The zero-order valence-electron chi connectivity index (χ0n) is 12.2. The molecule has 0 N–H and O–H groups in total. The molecule has 0 saturated carbocycles. The molecule has 0 atom stereocenters. The molecular weight excluding hydrogens is 421 g/mol. The summed E-state index contributed by atoms with van der Waals surface area (Å²) in [6.45, 7) is 0.169. The lowest BCUT2D eigenvalue weighted by atomic mass is 10.1. The van der Waals surface area contributed by atoms with Crippen LogP contribution in [0.1, 0.15) is 10.4 Å². The molecule has 1 fully saturated rings. The minimum Gasteiger partial charge on any atom is -0.336 e. The first-order valence-electron chi connectivity index (χ1n) is 7.03. The van der Waals surface area contributed by atoms with E-state index in [2.05, 4.69) is 15.9 Å². The van der Waals surface area contributed by atoms with Crippen LogP contribution in [0.4, 0.5) is 4.39 Å². The Labute approximate surface area is 152 Å². The summed E-state index contributed by atoms with van der Waals surface area (Å²) in [6, 6.07) is 9.61. The van der Waals surface area contributed by atoms with E-state index in [1.807, 2.05) is 0 Å². The lowest BCUT2D eigenvalue weighted by Crippen LogP contribution is -2.56. The highest BCUT2D eigenvalue weighted by Gasteiger charge is 2.41. The number of halogens is 3. The molecule has 1 saturated heterocycles. The van der Waals surface area contributed by atoms with Gasteiger partial charge in [0, 0.05) is 17.6 Å². The predicted octanol–water partition coefficient (Wildman–Crippen LogP) is 3.54. The number of hydrogen-bond donors (Lipinski definition) is 0. The van der Waals surface area contributed by atoms with Crippen LogP contribution in [0.3, 0.4) is 0 Å². The number of likely N-dealkylation sites (tertiary alicyclic amines) is 1. The van der Waals surface area contributed by atoms with E-state index in [4.69, 9.17) is 11.6 Å². The fourth-order valence-corrected chi connectivity index (χ4v) is 4.66. The summed E-state index contributed by atoms with van der Waals surface area (Å²) in [4.78, 5) is 13.9. The Kier molecular flexibility index (Phi) is 4.68. The molecule has 0 spiro atoms. The monoisotopic (exact) mass is 431 g/mol. The molecule has 2 aromatic carbocycles. The van der Waals surface area contributed by atoms with Crippen LogP contribution in [0.25, 0.3) is 0 Å². The highest BCUT2D eigenvalue weighted by Crippen LogP contribution is 2.28. The highest BCUT2D eigenvalue weighted by molar-refractivity contribution is 9.10. The van der Waals surface area contributed by atoms with Crippen molar-refractivity contribution < 1.29 is 17.6 Å². The number of sulfone groups is 1. The van der Waals surface area contributed by atoms with E-state index in [0.717, 1.165) is 12.1 Å². The third-order valence-corrected chi connectivity index (χ3v) is 6.80. The Morgan fingerprint density at radius 3 is 2.42 bits per heavy atom. The smallest absolute Gasteiger partial charge is 0.255 e. The largest absolute Gasteiger partial charge is 0.336 e. The Balaban J connectivity index is 1.74. The summed E-state index contributed by atoms with van der Waals surface area (Å²) >= 11 is 9.31. The predicted molar refractivity (Wildman–Crippen MR) is 92.4 cm³/mol. The van der Waals surface area contributed by atoms with Crippen molar-refractivity contribution in [2.45, 2.75) is 10.1 Å². The lowest BCUT2D eigenvalue weighted by molar-refractivity contribution is 0.0659. The minimum atomic E-state index is -3.59. The Bertz CT molecular complexity index is 896. The molecule has 1 amide bonds. The van der Waals surface area contributed by atoms with Gasteiger partial charge in [0.15, 0.2) is 9.84 Å². The lowest BCUT2D eigenvalue weighted by Gasteiger charge is -2.38. The second-order valence-electron chi connectivity index (χ2n) is 5.46. The normalized spacial score (nSPS) is 15.2. The Morgan fingerprint density at radius 1 is 1.17 bits per heavy atom. The van der Waals surface area contributed by atoms with Crippen LogP contribution in [-0.4, -0.2) is 37.6 Å². The van der Waals surface area contributed by atoms with Crippen LogP contribution in [0, 0.1) is 5.82 Å². The average Bonchev–Trinajstić information content (AvgIpc) is 2.48. The summed E-state index contributed by atoms with van der Waals surface area (Å²) in [5.74, 6) is -0.810. The van der Waals surface area contributed by atoms with Gasteiger partial charge in [0.1, 0.15) is 11.1 Å². The van der Waals surface area contributed by atoms with Gasteiger partial charge in [-0.2, -0.15) is 0 Å². The summed E-state index contributed by atoms with van der Waals surface area (Å²) in [5, 5.41) is -0.383. The van der Waals surface area contributed by atoms with Crippen LogP contribution in [0.5, 0.6) is 0 Å². The first kappa shape index (κ1) is 17.4. The van der Waals surface area contributed by atoms with Gasteiger partial charge in [0.2, 0.25) is 0 Å². The van der Waals surface area contributed by atoms with Crippen molar-refractivity contribution in [3.05, 3.63) is 63.3 Å². The summed E-state index contributed by atoms with van der Waals surface area (Å²) in [5.41, 5.74) is 0.323. The molecule has 0 radical (unpaired) electrons. The molecule has 4 nitrogen and oxygen atoms in total. The van der Waals surface area contributed by atoms with Crippen molar-refractivity contribution in [2.75, 3.05) is 13.1 Å². The topological polar surface area (TPSA) is 54.5 Å². The molecule has 1 heterocycles. The van der Waals surface area contributed by atoms with E-state index >= 15 is 0 Å². The SMILES string of the molecule is O=C(c1cc(Br)ccc1Cl)N1CC(S(=O)(=O)c2ccc(F)cc2)C1. The first-order valence-corrected chi connectivity index (χ1v) is 9.74. The maximum Gasteiger partial charge on any atom is 0.255 e. The van der Waals surface area contributed by atoms with Crippen LogP contribution >= 0.6 is 27.5 Å². The quantitative estimate of drug-likeness (QED) is 0.697. The Hall–Kier alpha value is -1.44. The van der Waals surface area contributed by atoms with Crippen molar-refractivity contribution in [2.24, 2.45) is 0 Å². The molecular formula is C16H12BrClFNO3S. The van der Waals surface area contributed by atoms with Crippen LogP contribution in [-0.2, 0) is 9.84 Å². The maximum absolute atomic E-state index is 12.9. The van der Waals surface area contributed by atoms with Gasteiger partial charge in [-0.1, -0.05) is 27.5 Å². The number of rotatable bonds is 3. The first-order chi connectivity index (χ1) is 11.3. The molecule has 0 aromatic heterocycles. The van der Waals surface area contributed by atoms with Crippen molar-refractivity contribution >= 4 is 43.3 Å². The zero-order chi connectivity index (χ0) is 17.5. The molecule has 3 rings (SSSR count). The fourth-order valence-electron chi connectivity index (χ4n) is 2.45. The van der Waals surface area contributed by atoms with E-state index in [1.165, 1.54) is 17.0 Å². The number of carbonyl (C=O) groups excluding carboxylic acids is 1. The molecule has 8 heteroatoms. The van der Waals surface area contributed by atoms with Gasteiger partial charge in [0.05, 0.1) is 15.5 Å². The second kappa shape index (κ2) is 6.46. The number of amides is 1. The molecule has 1 aliphatic heterocycles. The molecule has 126 valence electrons. The average molecular weight is 433 g/mol. The van der Waals surface area contributed by atoms with E-state index < -0.39 is 20.9 Å². The number of hydrogen-bond acceptors (Lipinski definition) is 3. The van der Waals surface area contributed by atoms with Crippen LogP contribution < -0.4 is 0 Å². The van der Waals surface area contributed by atoms with Gasteiger partial charge in [-0.15, -0.1) is 0 Å². The maximum atomic E-state index is 12.9. The van der Waals surface area contributed by atoms with Gasteiger partial charge in [-0.25, -0.2) is 12.8 Å². The zero-order valence-corrected chi connectivity index (χ0v) is 15.4. The van der Waals surface area contributed by atoms with Crippen molar-refractivity contribution in [1.82, 2.24) is 4.90 Å². The Morgan fingerprint density at radius 2 is 1.79 bits per heavy atom. The summed E-state index contributed by atoms with van der Waals surface area (Å²) < 4.78 is 38.6. The number of carbonyl (C=O) groups is 1. The highest BCUT2D eigenvalue weighted by atomic mass is 79.9. The fraction of sp³-hybridized carbons (Fsp3) is 0.188. The third-order valence-electron chi connectivity index (χ3n) is 3.88. The van der Waals surface area contributed by atoms with E-state index in [0.29, 0.717) is 15.1 Å². The molecule has 24 heavy (non-hydrogen) atoms. The molecule has 0 unspecified atom stereocenters. The summed E-state index contributed by atoms with van der Waals surface area (Å²) in [7, 11) is -3.59. The third kappa shape index (κ3) is 3.20. The van der Waals surface area contributed by atoms with Gasteiger partial charge < -0.3 is 4.90 Å². The van der Waals surface area contributed by atoms with Gasteiger partial charge >= 0.3 is 0 Å². The summed E-state index contributed by atoms with van der Waals surface area (Å²) in [6.07, 6.45) is 0. The van der Waals surface area contributed by atoms with Crippen molar-refractivity contribution in [3.8, 4) is 0 Å². The van der Waals surface area contributed by atoms with E-state index in [1.54, 1.807) is 18.2 Å². The number of nitrogens with zero attached hydrogens (tertiary/aromatic N) is 1.